The minimum atomic E-state index is -4.27. The number of carbonyl (C=O) groups is 1. The van der Waals surface area contributed by atoms with E-state index in [9.17, 15) is 13.2 Å². The number of nitrogens with zero attached hydrogens (tertiary/aromatic N) is 1. The lowest BCUT2D eigenvalue weighted by Crippen LogP contribution is -2.39. The van der Waals surface area contributed by atoms with E-state index in [4.69, 9.17) is 45.3 Å². The summed E-state index contributed by atoms with van der Waals surface area (Å²) in [5, 5.41) is 0.359. The number of amides is 1. The summed E-state index contributed by atoms with van der Waals surface area (Å²) < 4.78 is 32.1. The van der Waals surface area contributed by atoms with Crippen LogP contribution in [0.1, 0.15) is 0 Å². The summed E-state index contributed by atoms with van der Waals surface area (Å²) in [6, 6.07) is 8.31. The fourth-order valence-corrected chi connectivity index (χ4v) is 4.43. The summed E-state index contributed by atoms with van der Waals surface area (Å²) >= 11 is 17.9. The third kappa shape index (κ3) is 4.30. The molecule has 134 valence electrons. The predicted molar refractivity (Wildman–Crippen MR) is 98.2 cm³/mol. The summed E-state index contributed by atoms with van der Waals surface area (Å²) in [7, 11) is -2.92. The van der Waals surface area contributed by atoms with Gasteiger partial charge in [-0.1, -0.05) is 34.8 Å². The summed E-state index contributed by atoms with van der Waals surface area (Å²) in [5.41, 5.74) is 5.27. The lowest BCUT2D eigenvalue weighted by Gasteiger charge is -2.25. The number of halogens is 3. The molecule has 0 spiro atoms. The lowest BCUT2D eigenvalue weighted by molar-refractivity contribution is -0.116. The van der Waals surface area contributed by atoms with Crippen molar-refractivity contribution >= 4 is 56.4 Å². The van der Waals surface area contributed by atoms with Crippen LogP contribution in [0, 0.1) is 0 Å². The minimum Gasteiger partial charge on any atom is -0.495 e. The van der Waals surface area contributed by atoms with Crippen molar-refractivity contribution in [3.8, 4) is 5.75 Å². The third-order valence-electron chi connectivity index (χ3n) is 3.17. The molecule has 0 bridgehead atoms. The Balaban J connectivity index is 2.71. The van der Waals surface area contributed by atoms with Crippen LogP contribution in [-0.2, 0) is 14.8 Å². The molecule has 0 atom stereocenters. The number of hydrogen-bond donors (Lipinski definition) is 1. The number of anilines is 1. The molecule has 10 heteroatoms. The average molecular weight is 424 g/mol. The second-order valence-electron chi connectivity index (χ2n) is 4.87. The van der Waals surface area contributed by atoms with Gasteiger partial charge in [-0.15, -0.1) is 0 Å². The standard InChI is InChI=1S/C15H13Cl3N2O4S/c1-24-13-5-3-9(16)6-12(13)20(8-15(19)21)25(22,23)14-7-10(17)2-4-11(14)18/h2-7H,8H2,1H3,(H2,19,21). The van der Waals surface area contributed by atoms with Gasteiger partial charge in [-0.3, -0.25) is 9.10 Å². The Morgan fingerprint density at radius 3 is 2.32 bits per heavy atom. The van der Waals surface area contributed by atoms with E-state index in [2.05, 4.69) is 0 Å². The third-order valence-corrected chi connectivity index (χ3v) is 5.88. The molecule has 1 amide bonds. The van der Waals surface area contributed by atoms with Crippen LogP contribution < -0.4 is 14.8 Å². The molecule has 2 aromatic carbocycles. The normalized spacial score (nSPS) is 11.2. The molecule has 0 saturated carbocycles. The molecule has 0 saturated heterocycles. The van der Waals surface area contributed by atoms with Crippen LogP contribution in [0.2, 0.25) is 15.1 Å². The fourth-order valence-electron chi connectivity index (χ4n) is 2.09. The number of nitrogens with two attached hydrogens (primary N) is 1. The molecule has 0 aliphatic heterocycles. The first kappa shape index (κ1) is 19.7. The fraction of sp³-hybridized carbons (Fsp3) is 0.133. The Labute approximate surface area is 160 Å². The zero-order chi connectivity index (χ0) is 18.8. The SMILES string of the molecule is COc1ccc(Cl)cc1N(CC(N)=O)S(=O)(=O)c1cc(Cl)ccc1Cl. The van der Waals surface area contributed by atoms with Crippen molar-refractivity contribution in [3.63, 3.8) is 0 Å². The average Bonchev–Trinajstić information content (AvgIpc) is 2.54. The number of ether oxygens (including phenoxy) is 1. The first-order chi connectivity index (χ1) is 11.7. The van der Waals surface area contributed by atoms with Crippen molar-refractivity contribution in [3.05, 3.63) is 51.5 Å². The van der Waals surface area contributed by atoms with E-state index < -0.39 is 22.5 Å². The van der Waals surface area contributed by atoms with Gasteiger partial charge >= 0.3 is 0 Å². The van der Waals surface area contributed by atoms with Crippen LogP contribution in [-0.4, -0.2) is 28.0 Å². The molecular formula is C15H13Cl3N2O4S. The molecule has 0 fully saturated rings. The first-order valence-electron chi connectivity index (χ1n) is 6.76. The highest BCUT2D eigenvalue weighted by Gasteiger charge is 2.31. The second-order valence-corrected chi connectivity index (χ2v) is 7.98. The van der Waals surface area contributed by atoms with Crippen LogP contribution in [0.5, 0.6) is 5.75 Å². The van der Waals surface area contributed by atoms with Crippen molar-refractivity contribution in [2.24, 2.45) is 5.73 Å². The van der Waals surface area contributed by atoms with Gasteiger partial charge < -0.3 is 10.5 Å². The maximum Gasteiger partial charge on any atom is 0.266 e. The Morgan fingerprint density at radius 1 is 1.12 bits per heavy atom. The number of methoxy groups -OCH3 is 1. The van der Waals surface area contributed by atoms with Gasteiger partial charge in [-0.2, -0.15) is 0 Å². The van der Waals surface area contributed by atoms with E-state index in [-0.39, 0.29) is 31.4 Å². The molecule has 0 aromatic heterocycles. The van der Waals surface area contributed by atoms with Crippen molar-refractivity contribution in [1.29, 1.82) is 0 Å². The number of sulfonamides is 1. The van der Waals surface area contributed by atoms with E-state index >= 15 is 0 Å². The highest BCUT2D eigenvalue weighted by molar-refractivity contribution is 7.93. The molecule has 0 aliphatic rings. The topological polar surface area (TPSA) is 89.7 Å². The van der Waals surface area contributed by atoms with Crippen LogP contribution >= 0.6 is 34.8 Å². The number of primary amides is 1. The molecule has 2 aromatic rings. The maximum atomic E-state index is 13.1. The van der Waals surface area contributed by atoms with Gasteiger partial charge in [0.2, 0.25) is 5.91 Å². The highest BCUT2D eigenvalue weighted by Crippen LogP contribution is 2.36. The van der Waals surface area contributed by atoms with Crippen LogP contribution in [0.15, 0.2) is 41.3 Å². The molecule has 2 rings (SSSR count). The maximum absolute atomic E-state index is 13.1. The molecule has 0 unspecified atom stereocenters. The minimum absolute atomic E-state index is 0.0462. The molecule has 0 aliphatic carbocycles. The number of rotatable bonds is 6. The Bertz CT molecular complexity index is 919. The van der Waals surface area contributed by atoms with Gasteiger partial charge in [0.25, 0.3) is 10.0 Å². The predicted octanol–water partition coefficient (Wildman–Crippen LogP) is 3.34. The smallest absolute Gasteiger partial charge is 0.266 e. The number of benzene rings is 2. The zero-order valence-electron chi connectivity index (χ0n) is 12.9. The second kappa shape index (κ2) is 7.70. The van der Waals surface area contributed by atoms with Crippen LogP contribution in [0.3, 0.4) is 0 Å². The summed E-state index contributed by atoms with van der Waals surface area (Å²) in [5.74, 6) is -0.684. The summed E-state index contributed by atoms with van der Waals surface area (Å²) in [6.07, 6.45) is 0. The molecule has 2 N–H and O–H groups in total. The Hall–Kier alpha value is -1.67. The lowest BCUT2D eigenvalue weighted by atomic mass is 10.3. The van der Waals surface area contributed by atoms with Crippen molar-refractivity contribution in [1.82, 2.24) is 0 Å². The van der Waals surface area contributed by atoms with Gasteiger partial charge in [0.15, 0.2) is 0 Å². The van der Waals surface area contributed by atoms with Gasteiger partial charge in [0.1, 0.15) is 17.2 Å². The van der Waals surface area contributed by atoms with E-state index in [1.807, 2.05) is 0 Å². The van der Waals surface area contributed by atoms with Crippen molar-refractivity contribution in [2.75, 3.05) is 18.0 Å². The van der Waals surface area contributed by atoms with E-state index in [1.165, 1.54) is 43.5 Å². The largest absolute Gasteiger partial charge is 0.495 e. The highest BCUT2D eigenvalue weighted by atomic mass is 35.5. The monoisotopic (exact) mass is 422 g/mol. The Morgan fingerprint density at radius 2 is 1.72 bits per heavy atom. The van der Waals surface area contributed by atoms with Crippen molar-refractivity contribution < 1.29 is 17.9 Å². The van der Waals surface area contributed by atoms with Gasteiger partial charge in [0, 0.05) is 10.0 Å². The Kier molecular flexibility index (Phi) is 6.05. The molecule has 25 heavy (non-hydrogen) atoms. The first-order valence-corrected chi connectivity index (χ1v) is 9.34. The van der Waals surface area contributed by atoms with Crippen LogP contribution in [0.4, 0.5) is 5.69 Å². The number of carbonyl (C=O) groups excluding carboxylic acids is 1. The zero-order valence-corrected chi connectivity index (χ0v) is 16.0. The summed E-state index contributed by atoms with van der Waals surface area (Å²) in [6.45, 7) is -0.637. The number of hydrogen-bond acceptors (Lipinski definition) is 4. The van der Waals surface area contributed by atoms with Gasteiger partial charge in [-0.05, 0) is 36.4 Å². The molecule has 0 heterocycles. The molecule has 6 nitrogen and oxygen atoms in total. The van der Waals surface area contributed by atoms with E-state index in [1.54, 1.807) is 0 Å². The van der Waals surface area contributed by atoms with Crippen LogP contribution in [0.25, 0.3) is 0 Å². The van der Waals surface area contributed by atoms with Crippen molar-refractivity contribution in [2.45, 2.75) is 4.90 Å². The van der Waals surface area contributed by atoms with Gasteiger partial charge in [0.05, 0.1) is 17.8 Å². The van der Waals surface area contributed by atoms with Gasteiger partial charge in [-0.25, -0.2) is 8.42 Å². The van der Waals surface area contributed by atoms with E-state index in [0.29, 0.717) is 0 Å². The summed E-state index contributed by atoms with van der Waals surface area (Å²) in [4.78, 5) is 11.2. The molecular weight excluding hydrogens is 411 g/mol. The quantitative estimate of drug-likeness (QED) is 0.771. The van der Waals surface area contributed by atoms with E-state index in [0.717, 1.165) is 4.31 Å². The molecule has 0 radical (unpaired) electrons.